The first-order valence-corrected chi connectivity index (χ1v) is 10.7. The lowest BCUT2D eigenvalue weighted by Crippen LogP contribution is -2.49. The maximum Gasteiger partial charge on any atom is 0.269 e. The summed E-state index contributed by atoms with van der Waals surface area (Å²) in [4.78, 5) is 27.6. The Hall–Kier alpha value is -3.85. The number of methoxy groups -OCH3 is 1. The highest BCUT2D eigenvalue weighted by Crippen LogP contribution is 2.25. The molecule has 0 unspecified atom stereocenters. The molecule has 1 fully saturated rings. The largest absolute Gasteiger partial charge is 0.497 e. The van der Waals surface area contributed by atoms with Gasteiger partial charge in [-0.15, -0.1) is 0 Å². The fourth-order valence-corrected chi connectivity index (χ4v) is 4.00. The Kier molecular flexibility index (Phi) is 6.89. The molecular formula is C24H26N4O5. The van der Waals surface area contributed by atoms with Gasteiger partial charge in [-0.05, 0) is 48.5 Å². The highest BCUT2D eigenvalue weighted by atomic mass is 16.6. The van der Waals surface area contributed by atoms with Crippen molar-refractivity contribution in [3.63, 3.8) is 0 Å². The third kappa shape index (κ3) is 5.32. The van der Waals surface area contributed by atoms with Crippen LogP contribution in [0, 0.1) is 10.1 Å². The standard InChI is InChI=1S/C24H26N4O5/c1-32-21-10-8-19(9-11-21)26-12-14-27(15-13-26)22(23-3-2-16-33-23)17-25-24(29)18-4-6-20(7-5-18)28(30)31/h2-11,16,22H,12-15,17H2,1H3,(H,25,29)/t22-/m0/s1. The highest BCUT2D eigenvalue weighted by molar-refractivity contribution is 5.94. The topological polar surface area (TPSA) is 101 Å². The number of nitro benzene ring substituents is 1. The summed E-state index contributed by atoms with van der Waals surface area (Å²) in [5.41, 5.74) is 1.48. The molecule has 9 nitrogen and oxygen atoms in total. The van der Waals surface area contributed by atoms with E-state index in [1.807, 2.05) is 24.3 Å². The number of amides is 1. The highest BCUT2D eigenvalue weighted by Gasteiger charge is 2.27. The predicted octanol–water partition coefficient (Wildman–Crippen LogP) is 3.49. The van der Waals surface area contributed by atoms with Crippen LogP contribution in [0.15, 0.2) is 71.3 Å². The number of non-ortho nitro benzene ring substituents is 1. The van der Waals surface area contributed by atoms with Gasteiger partial charge in [0, 0.05) is 56.1 Å². The molecule has 4 rings (SSSR count). The third-order valence-corrected chi connectivity index (χ3v) is 5.86. The van der Waals surface area contributed by atoms with Crippen molar-refractivity contribution in [2.45, 2.75) is 6.04 Å². The first kappa shape index (κ1) is 22.3. The van der Waals surface area contributed by atoms with Gasteiger partial charge in [0.15, 0.2) is 0 Å². The van der Waals surface area contributed by atoms with Crippen LogP contribution in [0.3, 0.4) is 0 Å². The molecule has 2 heterocycles. The van der Waals surface area contributed by atoms with Gasteiger partial charge in [0.2, 0.25) is 0 Å². The lowest BCUT2D eigenvalue weighted by molar-refractivity contribution is -0.384. The average molecular weight is 450 g/mol. The Morgan fingerprint density at radius 3 is 2.36 bits per heavy atom. The Balaban J connectivity index is 1.38. The Labute approximate surface area is 191 Å². The molecule has 1 aliphatic heterocycles. The van der Waals surface area contributed by atoms with Gasteiger partial charge in [0.1, 0.15) is 11.5 Å². The second-order valence-corrected chi connectivity index (χ2v) is 7.77. The number of ether oxygens (including phenoxy) is 1. The quantitative estimate of drug-likeness (QED) is 0.414. The summed E-state index contributed by atoms with van der Waals surface area (Å²) in [5, 5.41) is 13.8. The Morgan fingerprint density at radius 2 is 1.79 bits per heavy atom. The van der Waals surface area contributed by atoms with Crippen LogP contribution in [-0.4, -0.2) is 55.6 Å². The van der Waals surface area contributed by atoms with Gasteiger partial charge < -0.3 is 19.4 Å². The van der Waals surface area contributed by atoms with Crippen LogP contribution in [0.2, 0.25) is 0 Å². The SMILES string of the molecule is COc1ccc(N2CCN([C@@H](CNC(=O)c3ccc([N+](=O)[O-])cc3)c3ccco3)CC2)cc1. The summed E-state index contributed by atoms with van der Waals surface area (Å²) < 4.78 is 10.9. The van der Waals surface area contributed by atoms with Crippen molar-refractivity contribution in [2.24, 2.45) is 0 Å². The van der Waals surface area contributed by atoms with E-state index in [1.165, 1.54) is 24.3 Å². The van der Waals surface area contributed by atoms with Crippen LogP contribution in [0.1, 0.15) is 22.2 Å². The molecule has 1 saturated heterocycles. The van der Waals surface area contributed by atoms with E-state index in [1.54, 1.807) is 13.4 Å². The van der Waals surface area contributed by atoms with Crippen LogP contribution in [0.25, 0.3) is 0 Å². The second kappa shape index (κ2) is 10.2. The molecule has 1 amide bonds. The first-order chi connectivity index (χ1) is 16.0. The Bertz CT molecular complexity index is 1060. The predicted molar refractivity (Wildman–Crippen MR) is 124 cm³/mol. The molecule has 1 N–H and O–H groups in total. The normalized spacial score (nSPS) is 15.1. The zero-order valence-electron chi connectivity index (χ0n) is 18.3. The van der Waals surface area contributed by atoms with E-state index in [4.69, 9.17) is 9.15 Å². The summed E-state index contributed by atoms with van der Waals surface area (Å²) in [5.74, 6) is 1.34. The van der Waals surface area contributed by atoms with Crippen molar-refractivity contribution in [3.05, 3.63) is 88.4 Å². The lowest BCUT2D eigenvalue weighted by Gasteiger charge is -2.39. The molecule has 1 aromatic heterocycles. The molecule has 0 saturated carbocycles. The maximum atomic E-state index is 12.6. The number of carbonyl (C=O) groups is 1. The van der Waals surface area contributed by atoms with Crippen molar-refractivity contribution >= 4 is 17.3 Å². The minimum atomic E-state index is -0.486. The number of benzene rings is 2. The number of nitrogens with zero attached hydrogens (tertiary/aromatic N) is 3. The Morgan fingerprint density at radius 1 is 1.09 bits per heavy atom. The van der Waals surface area contributed by atoms with Crippen LogP contribution in [-0.2, 0) is 0 Å². The fraction of sp³-hybridized carbons (Fsp3) is 0.292. The fourth-order valence-electron chi connectivity index (χ4n) is 4.00. The molecule has 0 bridgehead atoms. The number of piperazine rings is 1. The van der Waals surface area contributed by atoms with E-state index in [0.717, 1.165) is 43.4 Å². The van der Waals surface area contributed by atoms with Crippen LogP contribution in [0.5, 0.6) is 5.75 Å². The second-order valence-electron chi connectivity index (χ2n) is 7.77. The van der Waals surface area contributed by atoms with Gasteiger partial charge in [-0.1, -0.05) is 0 Å². The van der Waals surface area contributed by atoms with Gasteiger partial charge in [0.25, 0.3) is 11.6 Å². The minimum absolute atomic E-state index is 0.0465. The van der Waals surface area contributed by atoms with Crippen molar-refractivity contribution in [3.8, 4) is 5.75 Å². The molecular weight excluding hydrogens is 424 g/mol. The molecule has 0 radical (unpaired) electrons. The third-order valence-electron chi connectivity index (χ3n) is 5.86. The molecule has 33 heavy (non-hydrogen) atoms. The van der Waals surface area contributed by atoms with Gasteiger partial charge >= 0.3 is 0 Å². The van der Waals surface area contributed by atoms with Crippen LogP contribution >= 0.6 is 0 Å². The van der Waals surface area contributed by atoms with Crippen LogP contribution < -0.4 is 15.0 Å². The molecule has 0 spiro atoms. The summed E-state index contributed by atoms with van der Waals surface area (Å²) in [6.45, 7) is 3.68. The van der Waals surface area contributed by atoms with Crippen molar-refractivity contribution in [2.75, 3.05) is 44.7 Å². The van der Waals surface area contributed by atoms with E-state index in [9.17, 15) is 14.9 Å². The molecule has 9 heteroatoms. The number of anilines is 1. The van der Waals surface area contributed by atoms with Gasteiger partial charge in [-0.3, -0.25) is 19.8 Å². The molecule has 2 aromatic carbocycles. The minimum Gasteiger partial charge on any atom is -0.497 e. The summed E-state index contributed by atoms with van der Waals surface area (Å²) in [6, 6.07) is 17.3. The van der Waals surface area contributed by atoms with Gasteiger partial charge in [-0.25, -0.2) is 0 Å². The number of nitrogens with one attached hydrogen (secondary N) is 1. The van der Waals surface area contributed by atoms with Crippen LogP contribution in [0.4, 0.5) is 11.4 Å². The summed E-state index contributed by atoms with van der Waals surface area (Å²) >= 11 is 0. The number of nitro groups is 1. The van der Waals surface area contributed by atoms with Crippen molar-refractivity contribution in [1.82, 2.24) is 10.2 Å². The van der Waals surface area contributed by atoms with E-state index in [0.29, 0.717) is 12.1 Å². The van der Waals surface area contributed by atoms with E-state index in [2.05, 4.69) is 27.2 Å². The zero-order chi connectivity index (χ0) is 23.2. The number of hydrogen-bond donors (Lipinski definition) is 1. The lowest BCUT2D eigenvalue weighted by atomic mass is 10.1. The monoisotopic (exact) mass is 450 g/mol. The van der Waals surface area contributed by atoms with Gasteiger partial charge in [0.05, 0.1) is 24.3 Å². The molecule has 3 aromatic rings. The summed E-state index contributed by atoms with van der Waals surface area (Å²) in [7, 11) is 1.66. The molecule has 0 aliphatic carbocycles. The zero-order valence-corrected chi connectivity index (χ0v) is 18.3. The van der Waals surface area contributed by atoms with Crippen molar-refractivity contribution < 1.29 is 18.9 Å². The smallest absolute Gasteiger partial charge is 0.269 e. The number of furan rings is 1. The number of rotatable bonds is 8. The molecule has 172 valence electrons. The number of carbonyl (C=O) groups excluding carboxylic acids is 1. The van der Waals surface area contributed by atoms with Gasteiger partial charge in [-0.2, -0.15) is 0 Å². The van der Waals surface area contributed by atoms with Crippen molar-refractivity contribution in [1.29, 1.82) is 0 Å². The van der Waals surface area contributed by atoms with E-state index in [-0.39, 0.29) is 17.6 Å². The van der Waals surface area contributed by atoms with E-state index >= 15 is 0 Å². The summed E-state index contributed by atoms with van der Waals surface area (Å²) in [6.07, 6.45) is 1.63. The number of hydrogen-bond acceptors (Lipinski definition) is 7. The van der Waals surface area contributed by atoms with E-state index < -0.39 is 4.92 Å². The molecule has 1 aliphatic rings. The maximum absolute atomic E-state index is 12.6. The average Bonchev–Trinajstić information content (AvgIpc) is 3.39. The molecule has 1 atom stereocenters. The first-order valence-electron chi connectivity index (χ1n) is 10.7.